The number of halogens is 2. The van der Waals surface area contributed by atoms with Crippen LogP contribution in [0.1, 0.15) is 0 Å². The van der Waals surface area contributed by atoms with Gasteiger partial charge in [-0.15, -0.1) is 0 Å². The van der Waals surface area contributed by atoms with Gasteiger partial charge in [-0.3, -0.25) is 9.59 Å². The van der Waals surface area contributed by atoms with E-state index in [1.807, 2.05) is 54.6 Å². The minimum Gasteiger partial charge on any atom is -0.321 e. The summed E-state index contributed by atoms with van der Waals surface area (Å²) in [5.41, 5.74) is 2.61. The van der Waals surface area contributed by atoms with Gasteiger partial charge in [0.1, 0.15) is 0 Å². The molecule has 162 valence electrons. The van der Waals surface area contributed by atoms with E-state index < -0.39 is 0 Å². The fourth-order valence-corrected chi connectivity index (χ4v) is 4.98. The third-order valence-corrected chi connectivity index (χ3v) is 6.61. The van der Waals surface area contributed by atoms with Crippen LogP contribution in [0.5, 0.6) is 0 Å². The van der Waals surface area contributed by atoms with Gasteiger partial charge in [-0.25, -0.2) is 4.98 Å². The predicted molar refractivity (Wildman–Crippen MR) is 134 cm³/mol. The van der Waals surface area contributed by atoms with E-state index in [0.29, 0.717) is 42.4 Å². The Morgan fingerprint density at radius 2 is 1.58 bits per heavy atom. The van der Waals surface area contributed by atoms with E-state index in [1.54, 1.807) is 18.2 Å². The highest BCUT2D eigenvalue weighted by Gasteiger charge is 2.19. The average molecular weight is 492 g/mol. The molecular weight excluding hydrogens is 477 g/mol. The monoisotopic (exact) mass is 491 g/mol. The molecule has 0 amide bonds. The number of fused-ring (bicyclic) bond motifs is 1. The van der Waals surface area contributed by atoms with Gasteiger partial charge in [-0.1, -0.05) is 77.8 Å². The van der Waals surface area contributed by atoms with Crippen molar-refractivity contribution in [3.05, 3.63) is 110 Å². The molecule has 2 N–H and O–H groups in total. The van der Waals surface area contributed by atoms with Gasteiger partial charge in [0.25, 0.3) is 11.1 Å². The molecule has 0 atom stereocenters. The quantitative estimate of drug-likeness (QED) is 0.285. The molecule has 8 heteroatoms. The number of H-pyrrole nitrogens is 2. The first kappa shape index (κ1) is 21.5. The second-order valence-corrected chi connectivity index (χ2v) is 9.07. The van der Waals surface area contributed by atoms with Gasteiger partial charge in [0.05, 0.1) is 16.1 Å². The van der Waals surface area contributed by atoms with Gasteiger partial charge in [-0.2, -0.15) is 0 Å². The Morgan fingerprint density at radius 3 is 2.36 bits per heavy atom. The van der Waals surface area contributed by atoms with Crippen LogP contribution >= 0.6 is 35.0 Å². The number of hydrogen-bond donors (Lipinski definition) is 2. The van der Waals surface area contributed by atoms with Crippen molar-refractivity contribution in [3.8, 4) is 22.4 Å². The van der Waals surface area contributed by atoms with E-state index in [9.17, 15) is 9.59 Å². The Hall–Kier alpha value is -3.32. The van der Waals surface area contributed by atoms with Crippen molar-refractivity contribution in [1.29, 1.82) is 0 Å². The minimum atomic E-state index is -0.336. The SMILES string of the molecule is O=c1cc(-c2ccccc2)nc(Sc2c(-c3ccccc3Cl)c3ccc(Cl)cc3[nH]c2=O)[nH]1. The fourth-order valence-electron chi connectivity index (χ4n) is 3.62. The third-order valence-electron chi connectivity index (χ3n) is 5.06. The van der Waals surface area contributed by atoms with Gasteiger partial charge < -0.3 is 9.97 Å². The summed E-state index contributed by atoms with van der Waals surface area (Å²) in [7, 11) is 0. The van der Waals surface area contributed by atoms with Gasteiger partial charge in [0, 0.05) is 38.2 Å². The second kappa shape index (κ2) is 8.90. The largest absolute Gasteiger partial charge is 0.321 e. The maximum atomic E-state index is 13.2. The average Bonchev–Trinajstić information content (AvgIpc) is 2.80. The minimum absolute atomic E-state index is 0.300. The van der Waals surface area contributed by atoms with E-state index in [1.165, 1.54) is 6.07 Å². The van der Waals surface area contributed by atoms with Gasteiger partial charge >= 0.3 is 0 Å². The van der Waals surface area contributed by atoms with E-state index in [0.717, 1.165) is 22.7 Å². The molecule has 0 saturated carbocycles. The summed E-state index contributed by atoms with van der Waals surface area (Å²) >= 11 is 13.8. The Labute approximate surface area is 202 Å². The van der Waals surface area contributed by atoms with Crippen molar-refractivity contribution < 1.29 is 0 Å². The summed E-state index contributed by atoms with van der Waals surface area (Å²) in [6.45, 7) is 0. The maximum Gasteiger partial charge on any atom is 0.263 e. The van der Waals surface area contributed by atoms with Gasteiger partial charge in [-0.05, 0) is 30.0 Å². The number of benzene rings is 3. The smallest absolute Gasteiger partial charge is 0.263 e. The molecule has 0 spiro atoms. The van der Waals surface area contributed by atoms with Crippen LogP contribution in [0.25, 0.3) is 33.3 Å². The lowest BCUT2D eigenvalue weighted by Crippen LogP contribution is -2.13. The summed E-state index contributed by atoms with van der Waals surface area (Å²) in [5.74, 6) is 0. The maximum absolute atomic E-state index is 13.2. The van der Waals surface area contributed by atoms with Gasteiger partial charge in [0.2, 0.25) is 0 Å². The number of hydrogen-bond acceptors (Lipinski definition) is 4. The molecule has 0 aliphatic rings. The number of nitrogens with zero attached hydrogens (tertiary/aromatic N) is 1. The summed E-state index contributed by atoms with van der Waals surface area (Å²) in [4.78, 5) is 36.2. The van der Waals surface area contributed by atoms with Crippen LogP contribution < -0.4 is 11.1 Å². The molecule has 0 saturated heterocycles. The standard InChI is InChI=1S/C25H15Cl2N3O2S/c26-15-10-11-17-20(12-15)28-24(32)23(22(17)16-8-4-5-9-18(16)27)33-25-29-19(13-21(31)30-25)14-6-2-1-3-7-14/h1-13H,(H,28,32)(H,29,30,31). The predicted octanol–water partition coefficient (Wildman–Crippen LogP) is 6.40. The first-order chi connectivity index (χ1) is 16.0. The zero-order chi connectivity index (χ0) is 22.9. The second-order valence-electron chi connectivity index (χ2n) is 7.23. The number of aromatic amines is 2. The van der Waals surface area contributed by atoms with Crippen molar-refractivity contribution in [2.45, 2.75) is 10.1 Å². The number of pyridine rings is 1. The van der Waals surface area contributed by atoms with E-state index in [4.69, 9.17) is 23.2 Å². The van der Waals surface area contributed by atoms with Crippen LogP contribution in [0.15, 0.2) is 98.5 Å². The molecule has 2 aromatic heterocycles. The molecule has 5 aromatic rings. The fraction of sp³-hybridized carbons (Fsp3) is 0. The van der Waals surface area contributed by atoms with E-state index >= 15 is 0 Å². The highest BCUT2D eigenvalue weighted by Crippen LogP contribution is 2.40. The van der Waals surface area contributed by atoms with Crippen LogP contribution in [0.3, 0.4) is 0 Å². The summed E-state index contributed by atoms with van der Waals surface area (Å²) in [6.07, 6.45) is 0. The first-order valence-electron chi connectivity index (χ1n) is 9.95. The Balaban J connectivity index is 1.74. The van der Waals surface area contributed by atoms with Gasteiger partial charge in [0.15, 0.2) is 5.16 Å². The van der Waals surface area contributed by atoms with Crippen LogP contribution in [-0.4, -0.2) is 15.0 Å². The lowest BCUT2D eigenvalue weighted by molar-refractivity contribution is 0.941. The molecule has 3 aromatic carbocycles. The number of aromatic nitrogens is 3. The molecule has 0 aliphatic heterocycles. The Kier molecular flexibility index (Phi) is 5.81. The van der Waals surface area contributed by atoms with E-state index in [-0.39, 0.29) is 11.1 Å². The highest BCUT2D eigenvalue weighted by molar-refractivity contribution is 7.99. The Morgan fingerprint density at radius 1 is 0.818 bits per heavy atom. The molecular formula is C25H15Cl2N3O2S. The molecule has 5 nitrogen and oxygen atoms in total. The van der Waals surface area contributed by atoms with Crippen LogP contribution in [0, 0.1) is 0 Å². The summed E-state index contributed by atoms with van der Waals surface area (Å²) < 4.78 is 0. The molecule has 0 bridgehead atoms. The normalized spacial score (nSPS) is 11.1. The lowest BCUT2D eigenvalue weighted by Gasteiger charge is -2.14. The number of nitrogens with one attached hydrogen (secondary N) is 2. The van der Waals surface area contributed by atoms with Crippen molar-refractivity contribution in [3.63, 3.8) is 0 Å². The van der Waals surface area contributed by atoms with Crippen LogP contribution in [0.2, 0.25) is 10.0 Å². The van der Waals surface area contributed by atoms with Crippen molar-refractivity contribution in [2.75, 3.05) is 0 Å². The molecule has 0 radical (unpaired) electrons. The summed E-state index contributed by atoms with van der Waals surface area (Å²) in [6, 6.07) is 23.4. The van der Waals surface area contributed by atoms with Crippen LogP contribution in [0.4, 0.5) is 0 Å². The molecule has 5 rings (SSSR count). The van der Waals surface area contributed by atoms with Crippen molar-refractivity contribution in [2.24, 2.45) is 0 Å². The molecule has 0 fully saturated rings. The van der Waals surface area contributed by atoms with E-state index in [2.05, 4.69) is 15.0 Å². The van der Waals surface area contributed by atoms with Crippen molar-refractivity contribution in [1.82, 2.24) is 15.0 Å². The van der Waals surface area contributed by atoms with Crippen molar-refractivity contribution >= 4 is 45.9 Å². The first-order valence-corrected chi connectivity index (χ1v) is 11.5. The highest BCUT2D eigenvalue weighted by atomic mass is 35.5. The van der Waals surface area contributed by atoms with Crippen LogP contribution in [-0.2, 0) is 0 Å². The summed E-state index contributed by atoms with van der Waals surface area (Å²) in [5, 5.41) is 2.08. The zero-order valence-corrected chi connectivity index (χ0v) is 19.3. The molecule has 33 heavy (non-hydrogen) atoms. The third kappa shape index (κ3) is 4.33. The number of rotatable bonds is 4. The topological polar surface area (TPSA) is 78.6 Å². The zero-order valence-electron chi connectivity index (χ0n) is 16.9. The Bertz CT molecular complexity index is 1610. The molecule has 0 aliphatic carbocycles. The molecule has 0 unspecified atom stereocenters. The molecule has 2 heterocycles. The lowest BCUT2D eigenvalue weighted by atomic mass is 10.0.